The van der Waals surface area contributed by atoms with Gasteiger partial charge >= 0.3 is 0 Å². The van der Waals surface area contributed by atoms with E-state index >= 15 is 0 Å². The molecule has 0 bridgehead atoms. The van der Waals surface area contributed by atoms with Crippen LogP contribution in [-0.4, -0.2) is 39.5 Å². The monoisotopic (exact) mass is 301 g/mol. The van der Waals surface area contributed by atoms with Crippen LogP contribution >= 0.6 is 0 Å². The first-order chi connectivity index (χ1) is 9.35. The van der Waals surface area contributed by atoms with Crippen LogP contribution in [0.3, 0.4) is 0 Å². The molecule has 0 aliphatic heterocycles. The Balaban J connectivity index is 2.61. The van der Waals surface area contributed by atoms with Crippen molar-refractivity contribution in [3.63, 3.8) is 0 Å². The first-order valence-electron chi connectivity index (χ1n) is 6.44. The van der Waals surface area contributed by atoms with Crippen LogP contribution in [0.4, 0.5) is 0 Å². The van der Waals surface area contributed by atoms with Gasteiger partial charge in [0.2, 0.25) is 0 Å². The van der Waals surface area contributed by atoms with Gasteiger partial charge in [-0.1, -0.05) is 12.1 Å². The molecule has 7 heteroatoms. The van der Waals surface area contributed by atoms with Gasteiger partial charge in [0.05, 0.1) is 7.11 Å². The predicted octanol–water partition coefficient (Wildman–Crippen LogP) is 0.699. The van der Waals surface area contributed by atoms with Crippen molar-refractivity contribution in [2.75, 3.05) is 20.7 Å². The van der Waals surface area contributed by atoms with Gasteiger partial charge in [-0.25, -0.2) is 4.72 Å². The van der Waals surface area contributed by atoms with Crippen molar-refractivity contribution >= 4 is 10.2 Å². The number of nitrogens with one attached hydrogen (secondary N) is 1. The van der Waals surface area contributed by atoms with Crippen molar-refractivity contribution in [2.24, 2.45) is 5.73 Å². The first kappa shape index (κ1) is 16.9. The molecule has 0 amide bonds. The lowest BCUT2D eigenvalue weighted by Gasteiger charge is -2.18. The maximum atomic E-state index is 12.0. The number of ether oxygens (including phenoxy) is 1. The molecule has 0 aromatic heterocycles. The standard InChI is InChI=1S/C13H23N3O3S/c1-11(14)7-8-15-20(17,18)16(2)10-12-5-4-6-13(9-12)19-3/h4-6,9,11,15H,7-8,10,14H2,1-3H3. The van der Waals surface area contributed by atoms with Crippen LogP contribution in [-0.2, 0) is 16.8 Å². The fourth-order valence-corrected chi connectivity index (χ4v) is 2.55. The zero-order valence-corrected chi connectivity index (χ0v) is 13.0. The number of nitrogens with zero attached hydrogens (tertiary/aromatic N) is 1. The van der Waals surface area contributed by atoms with E-state index in [4.69, 9.17) is 10.5 Å². The van der Waals surface area contributed by atoms with Gasteiger partial charge in [0.25, 0.3) is 10.2 Å². The lowest BCUT2D eigenvalue weighted by molar-refractivity contribution is 0.412. The van der Waals surface area contributed by atoms with Gasteiger partial charge in [0, 0.05) is 26.2 Å². The third kappa shape index (κ3) is 5.46. The van der Waals surface area contributed by atoms with Crippen molar-refractivity contribution in [3.05, 3.63) is 29.8 Å². The number of nitrogens with two attached hydrogens (primary N) is 1. The number of methoxy groups -OCH3 is 1. The number of hydrogen-bond donors (Lipinski definition) is 2. The van der Waals surface area contributed by atoms with E-state index in [1.807, 2.05) is 31.2 Å². The molecule has 1 atom stereocenters. The zero-order chi connectivity index (χ0) is 15.2. The summed E-state index contributed by atoms with van der Waals surface area (Å²) >= 11 is 0. The topological polar surface area (TPSA) is 84.7 Å². The van der Waals surface area contributed by atoms with Crippen molar-refractivity contribution in [2.45, 2.75) is 25.9 Å². The molecule has 0 fully saturated rings. The van der Waals surface area contributed by atoms with E-state index in [0.717, 1.165) is 5.56 Å². The van der Waals surface area contributed by atoms with Gasteiger partial charge in [0.15, 0.2) is 0 Å². The summed E-state index contributed by atoms with van der Waals surface area (Å²) in [5.41, 5.74) is 6.46. The van der Waals surface area contributed by atoms with E-state index in [0.29, 0.717) is 18.7 Å². The highest BCUT2D eigenvalue weighted by atomic mass is 32.2. The summed E-state index contributed by atoms with van der Waals surface area (Å²) in [5.74, 6) is 0.707. The van der Waals surface area contributed by atoms with E-state index in [-0.39, 0.29) is 12.6 Å². The van der Waals surface area contributed by atoms with Gasteiger partial charge in [-0.3, -0.25) is 0 Å². The van der Waals surface area contributed by atoms with Crippen LogP contribution in [0, 0.1) is 0 Å². The second-order valence-electron chi connectivity index (χ2n) is 4.77. The van der Waals surface area contributed by atoms with Crippen LogP contribution in [0.25, 0.3) is 0 Å². The molecule has 0 radical (unpaired) electrons. The Morgan fingerprint density at radius 3 is 2.75 bits per heavy atom. The van der Waals surface area contributed by atoms with E-state index in [2.05, 4.69) is 4.72 Å². The molecule has 0 aliphatic rings. The van der Waals surface area contributed by atoms with Crippen LogP contribution in [0.15, 0.2) is 24.3 Å². The largest absolute Gasteiger partial charge is 0.497 e. The van der Waals surface area contributed by atoms with Crippen molar-refractivity contribution < 1.29 is 13.2 Å². The first-order valence-corrected chi connectivity index (χ1v) is 7.88. The fraction of sp³-hybridized carbons (Fsp3) is 0.538. The highest BCUT2D eigenvalue weighted by molar-refractivity contribution is 7.87. The van der Waals surface area contributed by atoms with Crippen LogP contribution < -0.4 is 15.2 Å². The average molecular weight is 301 g/mol. The Bertz CT molecular complexity index is 517. The molecule has 1 rings (SSSR count). The minimum Gasteiger partial charge on any atom is -0.497 e. The van der Waals surface area contributed by atoms with E-state index in [1.54, 1.807) is 7.11 Å². The molecule has 20 heavy (non-hydrogen) atoms. The number of hydrogen-bond acceptors (Lipinski definition) is 4. The van der Waals surface area contributed by atoms with Crippen molar-refractivity contribution in [3.8, 4) is 5.75 Å². The molecule has 0 spiro atoms. The lowest BCUT2D eigenvalue weighted by atomic mass is 10.2. The molecule has 6 nitrogen and oxygen atoms in total. The van der Waals surface area contributed by atoms with E-state index < -0.39 is 10.2 Å². The second kappa shape index (κ2) is 7.58. The average Bonchev–Trinajstić information content (AvgIpc) is 2.38. The number of benzene rings is 1. The molecule has 1 unspecified atom stereocenters. The molecule has 0 saturated heterocycles. The Kier molecular flexibility index (Phi) is 6.41. The fourth-order valence-electron chi connectivity index (χ4n) is 1.64. The molecular weight excluding hydrogens is 278 g/mol. The van der Waals surface area contributed by atoms with Crippen LogP contribution in [0.1, 0.15) is 18.9 Å². The summed E-state index contributed by atoms with van der Waals surface area (Å²) < 4.78 is 32.9. The summed E-state index contributed by atoms with van der Waals surface area (Å²) in [6, 6.07) is 7.29. The van der Waals surface area contributed by atoms with E-state index in [1.165, 1.54) is 11.4 Å². The smallest absolute Gasteiger partial charge is 0.279 e. The molecule has 0 saturated carbocycles. The van der Waals surface area contributed by atoms with Crippen LogP contribution in [0.2, 0.25) is 0 Å². The Labute approximate surface area is 121 Å². The maximum absolute atomic E-state index is 12.0. The van der Waals surface area contributed by atoms with Gasteiger partial charge in [-0.15, -0.1) is 0 Å². The Morgan fingerprint density at radius 2 is 2.15 bits per heavy atom. The molecule has 1 aromatic carbocycles. The quantitative estimate of drug-likeness (QED) is 0.740. The minimum atomic E-state index is -3.49. The summed E-state index contributed by atoms with van der Waals surface area (Å²) in [6.07, 6.45) is 0.603. The molecule has 0 aliphatic carbocycles. The Hall–Kier alpha value is -1.15. The van der Waals surface area contributed by atoms with Gasteiger partial charge in [-0.2, -0.15) is 12.7 Å². The summed E-state index contributed by atoms with van der Waals surface area (Å²) in [7, 11) is -0.373. The third-order valence-electron chi connectivity index (χ3n) is 2.83. The number of rotatable bonds is 8. The molecule has 3 N–H and O–H groups in total. The Morgan fingerprint density at radius 1 is 1.45 bits per heavy atom. The second-order valence-corrected chi connectivity index (χ2v) is 6.64. The van der Waals surface area contributed by atoms with Gasteiger partial charge in [-0.05, 0) is 31.0 Å². The molecule has 114 valence electrons. The minimum absolute atomic E-state index is 0.0265. The predicted molar refractivity (Wildman–Crippen MR) is 79.6 cm³/mol. The molecule has 1 aromatic rings. The highest BCUT2D eigenvalue weighted by Crippen LogP contribution is 2.14. The van der Waals surface area contributed by atoms with Gasteiger partial charge in [0.1, 0.15) is 5.75 Å². The molecular formula is C13H23N3O3S. The van der Waals surface area contributed by atoms with Gasteiger partial charge < -0.3 is 10.5 Å². The summed E-state index contributed by atoms with van der Waals surface area (Å²) in [5, 5.41) is 0. The summed E-state index contributed by atoms with van der Waals surface area (Å²) in [4.78, 5) is 0. The summed E-state index contributed by atoms with van der Waals surface area (Å²) in [6.45, 7) is 2.46. The lowest BCUT2D eigenvalue weighted by Crippen LogP contribution is -2.39. The normalized spacial score (nSPS) is 13.4. The van der Waals surface area contributed by atoms with Crippen molar-refractivity contribution in [1.82, 2.24) is 9.03 Å². The van der Waals surface area contributed by atoms with Crippen molar-refractivity contribution in [1.29, 1.82) is 0 Å². The highest BCUT2D eigenvalue weighted by Gasteiger charge is 2.17. The zero-order valence-electron chi connectivity index (χ0n) is 12.2. The third-order valence-corrected chi connectivity index (χ3v) is 4.35. The van der Waals surface area contributed by atoms with E-state index in [9.17, 15) is 8.42 Å². The SMILES string of the molecule is COc1cccc(CN(C)S(=O)(=O)NCCC(C)N)c1. The molecule has 0 heterocycles. The van der Waals surface area contributed by atoms with Crippen LogP contribution in [0.5, 0.6) is 5.75 Å². The maximum Gasteiger partial charge on any atom is 0.279 e.